The van der Waals surface area contributed by atoms with E-state index in [-0.39, 0.29) is 45.9 Å². The molecule has 1 fully saturated rings. The number of amidine groups is 1. The summed E-state index contributed by atoms with van der Waals surface area (Å²) in [5.74, 6) is -1.06. The maximum absolute atomic E-state index is 15.0. The number of thioether (sulfide) groups is 1. The minimum absolute atomic E-state index is 0.0153. The Morgan fingerprint density at radius 3 is 2.84 bits per heavy atom. The monoisotopic (exact) mass is 465 g/mol. The summed E-state index contributed by atoms with van der Waals surface area (Å²) in [6.07, 6.45) is 3.23. The Morgan fingerprint density at radius 1 is 1.35 bits per heavy atom. The lowest BCUT2D eigenvalue weighted by Crippen LogP contribution is -2.40. The number of fused-ring (bicyclic) bond motifs is 1. The molecular formula is C22H22ClF2N3O2S. The summed E-state index contributed by atoms with van der Waals surface area (Å²) in [6.45, 7) is -0.869. The SMILES string of the molecule is NC1=N[C@](CF)(c2cc(CC(=O)c3ccc(Cl)cn3)ccc2F)[C@@H]2C[C@]2(CCCO)S1. The highest BCUT2D eigenvalue weighted by atomic mass is 35.5. The number of aliphatic hydroxyl groups excluding tert-OH is 1. The van der Waals surface area contributed by atoms with Crippen molar-refractivity contribution in [1.82, 2.24) is 4.98 Å². The Labute approximate surface area is 188 Å². The number of nitrogens with zero attached hydrogens (tertiary/aromatic N) is 2. The minimum Gasteiger partial charge on any atom is -0.396 e. The number of ketones is 1. The number of benzene rings is 1. The van der Waals surface area contributed by atoms with Crippen LogP contribution < -0.4 is 5.73 Å². The summed E-state index contributed by atoms with van der Waals surface area (Å²) in [6, 6.07) is 7.38. The Hall–Kier alpha value is -2.03. The van der Waals surface area contributed by atoms with Crippen molar-refractivity contribution in [3.8, 4) is 0 Å². The van der Waals surface area contributed by atoms with E-state index in [4.69, 9.17) is 17.3 Å². The summed E-state index contributed by atoms with van der Waals surface area (Å²) < 4.78 is 29.2. The topological polar surface area (TPSA) is 88.6 Å². The van der Waals surface area contributed by atoms with Gasteiger partial charge in [-0.25, -0.2) is 13.8 Å². The van der Waals surface area contributed by atoms with Crippen LogP contribution in [0, 0.1) is 11.7 Å². The maximum atomic E-state index is 15.0. The zero-order valence-corrected chi connectivity index (χ0v) is 18.2. The van der Waals surface area contributed by atoms with Gasteiger partial charge in [0.1, 0.15) is 23.7 Å². The molecule has 0 amide bonds. The van der Waals surface area contributed by atoms with Crippen LogP contribution in [-0.4, -0.2) is 39.1 Å². The number of hydrogen-bond donors (Lipinski definition) is 2. The molecule has 3 atom stereocenters. The Kier molecular flexibility index (Phi) is 6.07. The van der Waals surface area contributed by atoms with Crippen LogP contribution >= 0.6 is 23.4 Å². The van der Waals surface area contributed by atoms with Gasteiger partial charge in [0.2, 0.25) is 0 Å². The number of nitrogens with two attached hydrogens (primary N) is 1. The number of halogens is 3. The first-order valence-electron chi connectivity index (χ1n) is 9.98. The number of aliphatic hydroxyl groups is 1. The molecule has 0 spiro atoms. The molecule has 1 aromatic carbocycles. The summed E-state index contributed by atoms with van der Waals surface area (Å²) in [4.78, 5) is 21.0. The van der Waals surface area contributed by atoms with Gasteiger partial charge in [0.05, 0.1) is 5.02 Å². The van der Waals surface area contributed by atoms with Crippen molar-refractivity contribution in [3.63, 3.8) is 0 Å². The van der Waals surface area contributed by atoms with E-state index in [0.717, 1.165) is 0 Å². The Bertz CT molecular complexity index is 1040. The second-order valence-electron chi connectivity index (χ2n) is 8.03. The van der Waals surface area contributed by atoms with Crippen LogP contribution in [0.4, 0.5) is 8.78 Å². The van der Waals surface area contributed by atoms with E-state index in [9.17, 15) is 18.7 Å². The number of carbonyl (C=O) groups is 1. The van der Waals surface area contributed by atoms with Gasteiger partial charge in [-0.05, 0) is 49.1 Å². The molecule has 0 saturated heterocycles. The van der Waals surface area contributed by atoms with Crippen LogP contribution in [0.2, 0.25) is 5.02 Å². The number of hydrogen-bond acceptors (Lipinski definition) is 6. The lowest BCUT2D eigenvalue weighted by atomic mass is 9.83. The van der Waals surface area contributed by atoms with Gasteiger partial charge in [-0.15, -0.1) is 0 Å². The van der Waals surface area contributed by atoms with Crippen molar-refractivity contribution in [3.05, 3.63) is 64.2 Å². The fraction of sp³-hybridized carbons (Fsp3) is 0.409. The zero-order chi connectivity index (χ0) is 22.2. The van der Waals surface area contributed by atoms with Crippen molar-refractivity contribution < 1.29 is 18.7 Å². The van der Waals surface area contributed by atoms with Gasteiger partial charge in [0, 0.05) is 35.5 Å². The smallest absolute Gasteiger partial charge is 0.185 e. The molecule has 1 aromatic heterocycles. The van der Waals surface area contributed by atoms with Crippen LogP contribution in [0.1, 0.15) is 40.9 Å². The largest absolute Gasteiger partial charge is 0.396 e. The molecule has 0 bridgehead atoms. The number of aliphatic imine (C=N–C) groups is 1. The van der Waals surface area contributed by atoms with Gasteiger partial charge in [0.25, 0.3) is 0 Å². The van der Waals surface area contributed by atoms with Gasteiger partial charge in [0.15, 0.2) is 11.0 Å². The van der Waals surface area contributed by atoms with Gasteiger partial charge < -0.3 is 10.8 Å². The third kappa shape index (κ3) is 4.08. The second kappa shape index (κ2) is 8.48. The summed E-state index contributed by atoms with van der Waals surface area (Å²) in [5.41, 5.74) is 5.52. The first-order valence-corrected chi connectivity index (χ1v) is 11.2. The summed E-state index contributed by atoms with van der Waals surface area (Å²) in [7, 11) is 0. The molecule has 2 aliphatic rings. The first-order chi connectivity index (χ1) is 14.8. The standard InChI is InChI=1S/C22H22ClF2N3O2S/c23-14-3-5-17(27-11-14)18(30)9-13-2-4-16(25)15(8-13)22(12-24)19-10-21(19,6-1-7-29)31-20(26)28-22/h2-5,8,11,19,29H,1,6-7,9-10,12H2,(H2,26,28)/t19-,21+,22-/m1/s1. The number of alkyl halides is 1. The molecule has 31 heavy (non-hydrogen) atoms. The van der Waals surface area contributed by atoms with Crippen molar-refractivity contribution in [1.29, 1.82) is 0 Å². The lowest BCUT2D eigenvalue weighted by molar-refractivity contribution is 0.0988. The fourth-order valence-electron chi connectivity index (χ4n) is 4.49. The van der Waals surface area contributed by atoms with Crippen LogP contribution in [0.25, 0.3) is 0 Å². The van der Waals surface area contributed by atoms with E-state index in [0.29, 0.717) is 29.8 Å². The third-order valence-electron chi connectivity index (χ3n) is 6.06. The first kappa shape index (κ1) is 22.2. The summed E-state index contributed by atoms with van der Waals surface area (Å²) >= 11 is 7.20. The second-order valence-corrected chi connectivity index (χ2v) is 9.91. The van der Waals surface area contributed by atoms with Gasteiger partial charge in [-0.1, -0.05) is 29.4 Å². The van der Waals surface area contributed by atoms with E-state index in [1.54, 1.807) is 6.07 Å². The fourth-order valence-corrected chi connectivity index (χ4v) is 6.06. The molecule has 2 heterocycles. The van der Waals surface area contributed by atoms with Gasteiger partial charge >= 0.3 is 0 Å². The molecule has 0 unspecified atom stereocenters. The molecule has 164 valence electrons. The van der Waals surface area contributed by atoms with Crippen molar-refractivity contribution >= 4 is 34.3 Å². The Morgan fingerprint density at radius 2 is 2.16 bits per heavy atom. The van der Waals surface area contributed by atoms with Crippen molar-refractivity contribution in [2.45, 2.75) is 36.0 Å². The quantitative estimate of drug-likeness (QED) is 0.574. The highest BCUT2D eigenvalue weighted by Crippen LogP contribution is 2.68. The number of Topliss-reactive ketones (excluding diaryl/α,β-unsaturated/α-hetero) is 1. The minimum atomic E-state index is -1.42. The van der Waals surface area contributed by atoms with E-state index < -0.39 is 18.0 Å². The molecule has 1 aliphatic heterocycles. The molecule has 0 radical (unpaired) electrons. The number of carbonyl (C=O) groups excluding carboxylic acids is 1. The molecular weight excluding hydrogens is 444 g/mol. The molecule has 1 saturated carbocycles. The van der Waals surface area contributed by atoms with E-state index in [2.05, 4.69) is 9.98 Å². The average Bonchev–Trinajstić information content (AvgIpc) is 3.48. The number of pyridine rings is 1. The van der Waals surface area contributed by atoms with E-state index >= 15 is 0 Å². The summed E-state index contributed by atoms with van der Waals surface area (Å²) in [5, 5.41) is 9.86. The van der Waals surface area contributed by atoms with Crippen LogP contribution in [0.3, 0.4) is 0 Å². The van der Waals surface area contributed by atoms with Gasteiger partial charge in [-0.2, -0.15) is 0 Å². The predicted octanol–water partition coefficient (Wildman–Crippen LogP) is 4.06. The highest BCUT2D eigenvalue weighted by Gasteiger charge is 2.67. The zero-order valence-electron chi connectivity index (χ0n) is 16.7. The number of rotatable bonds is 8. The molecule has 9 heteroatoms. The average molecular weight is 466 g/mol. The molecule has 3 N–H and O–H groups in total. The van der Waals surface area contributed by atoms with Crippen LogP contribution in [0.5, 0.6) is 0 Å². The molecule has 2 aromatic rings. The van der Waals surface area contributed by atoms with Crippen LogP contribution in [0.15, 0.2) is 41.5 Å². The normalized spacial score (nSPS) is 26.8. The van der Waals surface area contributed by atoms with E-state index in [1.165, 1.54) is 42.2 Å². The van der Waals surface area contributed by atoms with Crippen molar-refractivity contribution in [2.24, 2.45) is 16.6 Å². The molecule has 4 rings (SSSR count). The third-order valence-corrected chi connectivity index (χ3v) is 7.64. The highest BCUT2D eigenvalue weighted by molar-refractivity contribution is 8.15. The van der Waals surface area contributed by atoms with Gasteiger partial charge in [-0.3, -0.25) is 9.78 Å². The van der Waals surface area contributed by atoms with Crippen molar-refractivity contribution in [2.75, 3.05) is 13.3 Å². The number of aromatic nitrogens is 1. The predicted molar refractivity (Wildman–Crippen MR) is 118 cm³/mol. The Balaban J connectivity index is 1.66. The molecule has 1 aliphatic carbocycles. The maximum Gasteiger partial charge on any atom is 0.185 e. The van der Waals surface area contributed by atoms with E-state index in [1.807, 2.05) is 0 Å². The lowest BCUT2D eigenvalue weighted by Gasteiger charge is -2.35. The van der Waals surface area contributed by atoms with Crippen LogP contribution in [-0.2, 0) is 12.0 Å². The molecule has 5 nitrogen and oxygen atoms in total.